The van der Waals surface area contributed by atoms with Crippen LogP contribution in [0.15, 0.2) is 34.8 Å². The van der Waals surface area contributed by atoms with Crippen LogP contribution in [0.25, 0.3) is 0 Å². The molecule has 0 fully saturated rings. The molecule has 1 atom stereocenters. The Morgan fingerprint density at radius 3 is 2.67 bits per heavy atom. The number of nitrogens with one attached hydrogen (secondary N) is 1. The van der Waals surface area contributed by atoms with Crippen LogP contribution in [-0.2, 0) is 0 Å². The van der Waals surface area contributed by atoms with E-state index in [9.17, 15) is 0 Å². The van der Waals surface area contributed by atoms with Crippen LogP contribution in [0, 0.1) is 6.92 Å². The highest BCUT2D eigenvalue weighted by atomic mass is 79.9. The standard InChI is InChI=1S/C14H16BrNOS/c1-9-7-12(15)14(18-9)13(16-2)10-5-4-6-11(8-10)17-3/h4-8,13,16H,1-3H3. The fourth-order valence-electron chi connectivity index (χ4n) is 1.97. The Kier molecular flexibility index (Phi) is 4.43. The van der Waals surface area contributed by atoms with Crippen molar-refractivity contribution in [1.29, 1.82) is 0 Å². The maximum absolute atomic E-state index is 5.28. The van der Waals surface area contributed by atoms with Crippen molar-refractivity contribution in [2.24, 2.45) is 0 Å². The highest BCUT2D eigenvalue weighted by Gasteiger charge is 2.17. The summed E-state index contributed by atoms with van der Waals surface area (Å²) in [5.41, 5.74) is 1.21. The van der Waals surface area contributed by atoms with E-state index in [1.807, 2.05) is 19.2 Å². The van der Waals surface area contributed by atoms with Crippen molar-refractivity contribution in [3.8, 4) is 5.75 Å². The number of hydrogen-bond donors (Lipinski definition) is 1. The maximum atomic E-state index is 5.28. The Labute approximate surface area is 120 Å². The second kappa shape index (κ2) is 5.87. The summed E-state index contributed by atoms with van der Waals surface area (Å²) in [4.78, 5) is 2.60. The first-order valence-corrected chi connectivity index (χ1v) is 7.33. The summed E-state index contributed by atoms with van der Waals surface area (Å²) < 4.78 is 6.44. The number of halogens is 1. The maximum Gasteiger partial charge on any atom is 0.119 e. The first kappa shape index (κ1) is 13.6. The van der Waals surface area contributed by atoms with Gasteiger partial charge in [0.15, 0.2) is 0 Å². The molecule has 0 saturated carbocycles. The summed E-state index contributed by atoms with van der Waals surface area (Å²) in [5.74, 6) is 0.886. The molecule has 1 unspecified atom stereocenters. The molecule has 0 radical (unpaired) electrons. The Morgan fingerprint density at radius 2 is 2.11 bits per heavy atom. The van der Waals surface area contributed by atoms with Crippen LogP contribution in [0.3, 0.4) is 0 Å². The summed E-state index contributed by atoms with van der Waals surface area (Å²) in [6, 6.07) is 10.5. The molecular formula is C14H16BrNOS. The van der Waals surface area contributed by atoms with Crippen molar-refractivity contribution in [3.05, 3.63) is 50.1 Å². The zero-order chi connectivity index (χ0) is 13.1. The zero-order valence-corrected chi connectivity index (χ0v) is 13.1. The Morgan fingerprint density at radius 1 is 1.33 bits per heavy atom. The Hall–Kier alpha value is -0.840. The van der Waals surface area contributed by atoms with Gasteiger partial charge in [0.2, 0.25) is 0 Å². The number of thiophene rings is 1. The summed E-state index contributed by atoms with van der Waals surface area (Å²) in [5, 5.41) is 3.36. The third-order valence-electron chi connectivity index (χ3n) is 2.81. The predicted molar refractivity (Wildman–Crippen MR) is 80.7 cm³/mol. The van der Waals surface area contributed by atoms with Crippen LogP contribution < -0.4 is 10.1 Å². The van der Waals surface area contributed by atoms with Gasteiger partial charge in [0.25, 0.3) is 0 Å². The fourth-order valence-corrected chi connectivity index (χ4v) is 3.99. The van der Waals surface area contributed by atoms with Gasteiger partial charge in [0, 0.05) is 14.2 Å². The van der Waals surface area contributed by atoms with Gasteiger partial charge in [-0.1, -0.05) is 12.1 Å². The van der Waals surface area contributed by atoms with Crippen molar-refractivity contribution in [1.82, 2.24) is 5.32 Å². The third-order valence-corrected chi connectivity index (χ3v) is 4.85. The van der Waals surface area contributed by atoms with Crippen LogP contribution in [0.1, 0.15) is 21.4 Å². The number of benzene rings is 1. The molecule has 4 heteroatoms. The van der Waals surface area contributed by atoms with Gasteiger partial charge in [-0.05, 0) is 53.7 Å². The minimum atomic E-state index is 0.188. The predicted octanol–water partition coefficient (Wildman–Crippen LogP) is 4.14. The molecular weight excluding hydrogens is 310 g/mol. The van der Waals surface area contributed by atoms with E-state index < -0.39 is 0 Å². The van der Waals surface area contributed by atoms with Gasteiger partial charge >= 0.3 is 0 Å². The van der Waals surface area contributed by atoms with Crippen LogP contribution in [0.2, 0.25) is 0 Å². The molecule has 2 nitrogen and oxygen atoms in total. The fraction of sp³-hybridized carbons (Fsp3) is 0.286. The van der Waals surface area contributed by atoms with E-state index in [-0.39, 0.29) is 6.04 Å². The van der Waals surface area contributed by atoms with Gasteiger partial charge in [-0.2, -0.15) is 0 Å². The van der Waals surface area contributed by atoms with Gasteiger partial charge in [-0.25, -0.2) is 0 Å². The summed E-state index contributed by atoms with van der Waals surface area (Å²) in [7, 11) is 3.67. The lowest BCUT2D eigenvalue weighted by Gasteiger charge is -2.16. The van der Waals surface area contributed by atoms with Crippen molar-refractivity contribution in [3.63, 3.8) is 0 Å². The lowest BCUT2D eigenvalue weighted by molar-refractivity contribution is 0.414. The monoisotopic (exact) mass is 325 g/mol. The molecule has 1 N–H and O–H groups in total. The molecule has 0 amide bonds. The molecule has 2 aromatic rings. The Balaban J connectivity index is 2.41. The molecule has 0 aliphatic heterocycles. The molecule has 0 aliphatic carbocycles. The number of rotatable bonds is 4. The van der Waals surface area contributed by atoms with E-state index >= 15 is 0 Å². The molecule has 2 rings (SSSR count). The van der Waals surface area contributed by atoms with Crippen LogP contribution in [0.5, 0.6) is 5.75 Å². The Bertz CT molecular complexity index is 538. The molecule has 96 valence electrons. The van der Waals surface area contributed by atoms with Crippen molar-refractivity contribution in [2.45, 2.75) is 13.0 Å². The summed E-state index contributed by atoms with van der Waals surface area (Å²) in [6.45, 7) is 2.12. The van der Waals surface area contributed by atoms with E-state index in [1.54, 1.807) is 18.4 Å². The minimum Gasteiger partial charge on any atom is -0.497 e. The van der Waals surface area contributed by atoms with E-state index in [2.05, 4.69) is 46.4 Å². The smallest absolute Gasteiger partial charge is 0.119 e. The van der Waals surface area contributed by atoms with Gasteiger partial charge in [0.05, 0.1) is 13.2 Å². The number of methoxy groups -OCH3 is 1. The van der Waals surface area contributed by atoms with Crippen LogP contribution >= 0.6 is 27.3 Å². The van der Waals surface area contributed by atoms with E-state index in [0.717, 1.165) is 10.2 Å². The molecule has 0 spiro atoms. The lowest BCUT2D eigenvalue weighted by Crippen LogP contribution is -2.16. The average molecular weight is 326 g/mol. The average Bonchev–Trinajstić information content (AvgIpc) is 2.70. The van der Waals surface area contributed by atoms with Gasteiger partial charge < -0.3 is 10.1 Å². The zero-order valence-electron chi connectivity index (χ0n) is 10.7. The molecule has 1 aromatic heterocycles. The normalized spacial score (nSPS) is 12.4. The van der Waals surface area contributed by atoms with E-state index in [1.165, 1.54) is 15.3 Å². The molecule has 0 aliphatic rings. The van der Waals surface area contributed by atoms with E-state index in [0.29, 0.717) is 0 Å². The summed E-state index contributed by atoms with van der Waals surface area (Å²) in [6.07, 6.45) is 0. The van der Waals surface area contributed by atoms with Crippen LogP contribution in [0.4, 0.5) is 0 Å². The van der Waals surface area contributed by atoms with Gasteiger partial charge in [-0.3, -0.25) is 0 Å². The molecule has 1 aromatic carbocycles. The largest absolute Gasteiger partial charge is 0.497 e. The third kappa shape index (κ3) is 2.76. The number of aryl methyl sites for hydroxylation is 1. The highest BCUT2D eigenvalue weighted by molar-refractivity contribution is 9.10. The molecule has 1 heterocycles. The molecule has 18 heavy (non-hydrogen) atoms. The van der Waals surface area contributed by atoms with Crippen molar-refractivity contribution in [2.75, 3.05) is 14.2 Å². The number of hydrogen-bond acceptors (Lipinski definition) is 3. The van der Waals surface area contributed by atoms with Crippen molar-refractivity contribution < 1.29 is 4.74 Å². The second-order valence-corrected chi connectivity index (χ2v) is 6.21. The summed E-state index contributed by atoms with van der Waals surface area (Å²) >= 11 is 5.44. The molecule has 0 bridgehead atoms. The first-order valence-electron chi connectivity index (χ1n) is 5.72. The highest BCUT2D eigenvalue weighted by Crippen LogP contribution is 2.36. The lowest BCUT2D eigenvalue weighted by atomic mass is 10.1. The van der Waals surface area contributed by atoms with Crippen molar-refractivity contribution >= 4 is 27.3 Å². The van der Waals surface area contributed by atoms with Gasteiger partial charge in [-0.15, -0.1) is 11.3 Å². The quantitative estimate of drug-likeness (QED) is 0.912. The number of ether oxygens (including phenoxy) is 1. The molecule has 0 saturated heterocycles. The van der Waals surface area contributed by atoms with Crippen LogP contribution in [-0.4, -0.2) is 14.2 Å². The topological polar surface area (TPSA) is 21.3 Å². The first-order chi connectivity index (χ1) is 8.65. The van der Waals surface area contributed by atoms with E-state index in [4.69, 9.17) is 4.74 Å². The SMILES string of the molecule is CNC(c1cccc(OC)c1)c1sc(C)cc1Br. The minimum absolute atomic E-state index is 0.188. The van der Waals surface area contributed by atoms with Gasteiger partial charge in [0.1, 0.15) is 5.75 Å². The second-order valence-electron chi connectivity index (χ2n) is 4.07.